The molecular formula is C15H20N2O2. The van der Waals surface area contributed by atoms with Crippen LogP contribution >= 0.6 is 0 Å². The normalized spacial score (nSPS) is 16.8. The van der Waals surface area contributed by atoms with E-state index in [-0.39, 0.29) is 18.6 Å². The number of anilines is 1. The van der Waals surface area contributed by atoms with Crippen molar-refractivity contribution in [2.45, 2.75) is 32.4 Å². The summed E-state index contributed by atoms with van der Waals surface area (Å²) in [6, 6.07) is 6.47. The van der Waals surface area contributed by atoms with E-state index in [0.717, 1.165) is 23.4 Å². The van der Waals surface area contributed by atoms with Crippen molar-refractivity contribution >= 4 is 11.6 Å². The van der Waals surface area contributed by atoms with Gasteiger partial charge in [0.25, 0.3) is 5.91 Å². The van der Waals surface area contributed by atoms with E-state index in [0.29, 0.717) is 6.04 Å². The minimum atomic E-state index is -0.106. The molecule has 1 heterocycles. The molecule has 102 valence electrons. The standard InChI is InChI=1S/C15H20N2O2/c1-4-5-10(2)16-11(3)12-6-7-14-13(8-12)17-15(18)9-19-14/h4,6-8,10-11,16H,1,5,9H2,2-3H3,(H,17,18). The summed E-state index contributed by atoms with van der Waals surface area (Å²) in [7, 11) is 0. The van der Waals surface area contributed by atoms with Crippen molar-refractivity contribution in [3.8, 4) is 5.75 Å². The van der Waals surface area contributed by atoms with Crippen LogP contribution in [-0.2, 0) is 4.79 Å². The van der Waals surface area contributed by atoms with Crippen LogP contribution in [-0.4, -0.2) is 18.6 Å². The minimum Gasteiger partial charge on any atom is -0.482 e. The lowest BCUT2D eigenvalue weighted by atomic mass is 10.1. The smallest absolute Gasteiger partial charge is 0.262 e. The third-order valence-corrected chi connectivity index (χ3v) is 3.19. The first-order valence-electron chi connectivity index (χ1n) is 6.53. The zero-order valence-electron chi connectivity index (χ0n) is 11.4. The van der Waals surface area contributed by atoms with E-state index < -0.39 is 0 Å². The van der Waals surface area contributed by atoms with Crippen LogP contribution in [0.3, 0.4) is 0 Å². The second kappa shape index (κ2) is 5.89. The summed E-state index contributed by atoms with van der Waals surface area (Å²) >= 11 is 0. The molecule has 0 radical (unpaired) electrons. The highest BCUT2D eigenvalue weighted by Gasteiger charge is 2.17. The molecule has 0 saturated heterocycles. The number of benzene rings is 1. The molecular weight excluding hydrogens is 240 g/mol. The van der Waals surface area contributed by atoms with Crippen molar-refractivity contribution in [2.75, 3.05) is 11.9 Å². The van der Waals surface area contributed by atoms with Gasteiger partial charge in [0.1, 0.15) is 5.75 Å². The highest BCUT2D eigenvalue weighted by Crippen LogP contribution is 2.30. The Kier molecular flexibility index (Phi) is 4.22. The van der Waals surface area contributed by atoms with E-state index >= 15 is 0 Å². The van der Waals surface area contributed by atoms with Crippen molar-refractivity contribution in [1.29, 1.82) is 0 Å². The molecule has 1 aromatic rings. The molecule has 2 N–H and O–H groups in total. The number of fused-ring (bicyclic) bond motifs is 1. The van der Waals surface area contributed by atoms with Crippen LogP contribution in [0.4, 0.5) is 5.69 Å². The summed E-state index contributed by atoms with van der Waals surface area (Å²) in [5, 5.41) is 6.32. The maximum atomic E-state index is 11.3. The van der Waals surface area contributed by atoms with Gasteiger partial charge in [0.15, 0.2) is 6.61 Å². The largest absolute Gasteiger partial charge is 0.482 e. The molecule has 0 aromatic heterocycles. The molecule has 2 rings (SSSR count). The quantitative estimate of drug-likeness (QED) is 0.800. The number of hydrogen-bond acceptors (Lipinski definition) is 3. The maximum Gasteiger partial charge on any atom is 0.262 e. The molecule has 1 aliphatic rings. The van der Waals surface area contributed by atoms with Gasteiger partial charge in [-0.05, 0) is 38.0 Å². The Labute approximate surface area is 113 Å². The van der Waals surface area contributed by atoms with Gasteiger partial charge in [-0.1, -0.05) is 12.1 Å². The first-order valence-corrected chi connectivity index (χ1v) is 6.53. The van der Waals surface area contributed by atoms with Gasteiger partial charge in [0, 0.05) is 12.1 Å². The summed E-state index contributed by atoms with van der Waals surface area (Å²) in [4.78, 5) is 11.3. The Morgan fingerprint density at radius 2 is 2.32 bits per heavy atom. The Balaban J connectivity index is 2.10. The third-order valence-electron chi connectivity index (χ3n) is 3.19. The fraction of sp³-hybridized carbons (Fsp3) is 0.400. The number of ether oxygens (including phenoxy) is 1. The fourth-order valence-corrected chi connectivity index (χ4v) is 2.21. The number of amides is 1. The van der Waals surface area contributed by atoms with Gasteiger partial charge in [-0.2, -0.15) is 0 Å². The zero-order chi connectivity index (χ0) is 13.8. The molecule has 0 bridgehead atoms. The maximum absolute atomic E-state index is 11.3. The van der Waals surface area contributed by atoms with Gasteiger partial charge in [0.2, 0.25) is 0 Å². The van der Waals surface area contributed by atoms with E-state index in [1.54, 1.807) is 0 Å². The monoisotopic (exact) mass is 260 g/mol. The van der Waals surface area contributed by atoms with E-state index in [1.165, 1.54) is 0 Å². The highest BCUT2D eigenvalue weighted by atomic mass is 16.5. The van der Waals surface area contributed by atoms with E-state index in [4.69, 9.17) is 4.74 Å². The van der Waals surface area contributed by atoms with Gasteiger partial charge in [-0.3, -0.25) is 4.79 Å². The van der Waals surface area contributed by atoms with Crippen molar-refractivity contribution in [2.24, 2.45) is 0 Å². The van der Waals surface area contributed by atoms with Crippen LogP contribution in [0.2, 0.25) is 0 Å². The Morgan fingerprint density at radius 1 is 1.53 bits per heavy atom. The van der Waals surface area contributed by atoms with Crippen LogP contribution < -0.4 is 15.4 Å². The van der Waals surface area contributed by atoms with Gasteiger partial charge in [-0.25, -0.2) is 0 Å². The number of rotatable bonds is 5. The Hall–Kier alpha value is -1.81. The summed E-state index contributed by atoms with van der Waals surface area (Å²) in [6.45, 7) is 8.07. The van der Waals surface area contributed by atoms with Crippen molar-refractivity contribution in [1.82, 2.24) is 5.32 Å². The number of carbonyl (C=O) groups excluding carboxylic acids is 1. The lowest BCUT2D eigenvalue weighted by Gasteiger charge is -2.22. The van der Waals surface area contributed by atoms with Gasteiger partial charge < -0.3 is 15.4 Å². The molecule has 4 nitrogen and oxygen atoms in total. The van der Waals surface area contributed by atoms with Gasteiger partial charge in [-0.15, -0.1) is 6.58 Å². The molecule has 0 saturated carbocycles. The molecule has 19 heavy (non-hydrogen) atoms. The van der Waals surface area contributed by atoms with Gasteiger partial charge in [0.05, 0.1) is 5.69 Å². The van der Waals surface area contributed by atoms with Crippen LogP contribution in [0.5, 0.6) is 5.75 Å². The first-order chi connectivity index (χ1) is 9.10. The molecule has 2 unspecified atom stereocenters. The number of hydrogen-bond donors (Lipinski definition) is 2. The summed E-state index contributed by atoms with van der Waals surface area (Å²) in [5.74, 6) is 0.625. The summed E-state index contributed by atoms with van der Waals surface area (Å²) in [6.07, 6.45) is 2.83. The van der Waals surface area contributed by atoms with Crippen molar-refractivity contribution < 1.29 is 9.53 Å². The molecule has 0 fully saturated rings. The van der Waals surface area contributed by atoms with E-state index in [2.05, 4.69) is 31.1 Å². The fourth-order valence-electron chi connectivity index (χ4n) is 2.21. The predicted octanol–water partition coefficient (Wildman–Crippen LogP) is 2.63. The van der Waals surface area contributed by atoms with Crippen LogP contribution in [0.25, 0.3) is 0 Å². The number of carbonyl (C=O) groups is 1. The summed E-state index contributed by atoms with van der Waals surface area (Å²) < 4.78 is 5.34. The molecule has 0 spiro atoms. The van der Waals surface area contributed by atoms with Crippen molar-refractivity contribution in [3.05, 3.63) is 36.4 Å². The van der Waals surface area contributed by atoms with E-state index in [9.17, 15) is 4.79 Å². The second-order valence-electron chi connectivity index (χ2n) is 4.91. The SMILES string of the molecule is C=CCC(C)NC(C)c1ccc2c(c1)NC(=O)CO2. The van der Waals surface area contributed by atoms with Crippen LogP contribution in [0, 0.1) is 0 Å². The third kappa shape index (κ3) is 3.35. The number of nitrogens with one attached hydrogen (secondary N) is 2. The first kappa shape index (κ1) is 13.6. The molecule has 4 heteroatoms. The van der Waals surface area contributed by atoms with Crippen LogP contribution in [0.15, 0.2) is 30.9 Å². The minimum absolute atomic E-state index is 0.0938. The van der Waals surface area contributed by atoms with Gasteiger partial charge >= 0.3 is 0 Å². The molecule has 0 aliphatic carbocycles. The second-order valence-corrected chi connectivity index (χ2v) is 4.91. The molecule has 1 aliphatic heterocycles. The lowest BCUT2D eigenvalue weighted by Crippen LogP contribution is -2.29. The molecule has 2 atom stereocenters. The zero-order valence-corrected chi connectivity index (χ0v) is 11.4. The van der Waals surface area contributed by atoms with Crippen LogP contribution in [0.1, 0.15) is 31.9 Å². The molecule has 1 aromatic carbocycles. The van der Waals surface area contributed by atoms with Crippen molar-refractivity contribution in [3.63, 3.8) is 0 Å². The lowest BCUT2D eigenvalue weighted by molar-refractivity contribution is -0.118. The average molecular weight is 260 g/mol. The summed E-state index contributed by atoms with van der Waals surface area (Å²) in [5.41, 5.74) is 1.87. The highest BCUT2D eigenvalue weighted by molar-refractivity contribution is 5.95. The predicted molar refractivity (Wildman–Crippen MR) is 76.4 cm³/mol. The topological polar surface area (TPSA) is 50.4 Å². The Morgan fingerprint density at radius 3 is 3.05 bits per heavy atom. The van der Waals surface area contributed by atoms with E-state index in [1.807, 2.05) is 24.3 Å². The Bertz CT molecular complexity index is 485. The average Bonchev–Trinajstić information content (AvgIpc) is 2.38. The molecule has 1 amide bonds.